The lowest BCUT2D eigenvalue weighted by Gasteiger charge is -2.28. The van der Waals surface area contributed by atoms with Crippen LogP contribution in [-0.2, 0) is 19.6 Å². The van der Waals surface area contributed by atoms with Gasteiger partial charge >= 0.3 is 0 Å². The topological polar surface area (TPSA) is 36.9 Å². The molecule has 0 aromatic carbocycles. The molecule has 0 aromatic rings. The second kappa shape index (κ2) is 12.0. The van der Waals surface area contributed by atoms with Crippen LogP contribution in [0.1, 0.15) is 66.7 Å². The van der Waals surface area contributed by atoms with Crippen molar-refractivity contribution in [1.29, 1.82) is 0 Å². The Balaban J connectivity index is 4.28. The van der Waals surface area contributed by atoms with E-state index in [0.29, 0.717) is 13.2 Å². The van der Waals surface area contributed by atoms with Crippen LogP contribution in [0, 0.1) is 17.9 Å². The summed E-state index contributed by atoms with van der Waals surface area (Å²) in [6.45, 7) is 11.4. The summed E-state index contributed by atoms with van der Waals surface area (Å²) in [5, 5.41) is 0. The first kappa shape index (κ1) is 19.2. The van der Waals surface area contributed by atoms with Crippen molar-refractivity contribution in [3.05, 3.63) is 0 Å². The van der Waals surface area contributed by atoms with Gasteiger partial charge < -0.3 is 0 Å². The molecular weight excluding hydrogens is 256 g/mol. The lowest BCUT2D eigenvalue weighted by Crippen LogP contribution is -2.35. The first-order valence-electron chi connectivity index (χ1n) is 7.71. The number of rotatable bonds is 11. The van der Waals surface area contributed by atoms with Crippen LogP contribution >= 0.6 is 0 Å². The summed E-state index contributed by atoms with van der Waals surface area (Å²) < 4.78 is 0. The van der Waals surface area contributed by atoms with Crippen molar-refractivity contribution >= 4 is 0 Å². The van der Waals surface area contributed by atoms with E-state index < -0.39 is 5.60 Å². The Kier molecular flexibility index (Phi) is 11.6. The van der Waals surface area contributed by atoms with Crippen molar-refractivity contribution in [2.45, 2.75) is 72.3 Å². The van der Waals surface area contributed by atoms with Crippen molar-refractivity contribution in [3.63, 3.8) is 0 Å². The van der Waals surface area contributed by atoms with E-state index in [-0.39, 0.29) is 5.92 Å². The monoisotopic (exact) mass is 286 g/mol. The molecule has 2 unspecified atom stereocenters. The smallest absolute Gasteiger partial charge is 0.167 e. The summed E-state index contributed by atoms with van der Waals surface area (Å²) in [4.78, 5) is 20.6. The number of hydrogen-bond donors (Lipinski definition) is 0. The number of unbranched alkanes of at least 4 members (excludes halogenated alkanes) is 2. The predicted octanol–water partition coefficient (Wildman–Crippen LogP) is 4.25. The maximum Gasteiger partial charge on any atom is 0.167 e. The molecule has 0 fully saturated rings. The summed E-state index contributed by atoms with van der Waals surface area (Å²) in [6.07, 6.45) is 7.58. The van der Waals surface area contributed by atoms with Crippen LogP contribution in [-0.4, -0.2) is 18.8 Å². The third kappa shape index (κ3) is 8.42. The Hall–Kier alpha value is -0.760. The van der Waals surface area contributed by atoms with Crippen LogP contribution in [0.4, 0.5) is 0 Å². The molecule has 0 amide bonds. The average Bonchev–Trinajstić information content (AvgIpc) is 2.46. The second-order valence-electron chi connectivity index (χ2n) is 5.16. The minimum Gasteiger partial charge on any atom is -0.282 e. The third-order valence-electron chi connectivity index (χ3n) is 3.35. The highest BCUT2D eigenvalue weighted by Gasteiger charge is 2.31. The van der Waals surface area contributed by atoms with Gasteiger partial charge in [-0.15, -0.1) is 0 Å². The maximum absolute atomic E-state index is 5.50. The average molecular weight is 286 g/mol. The molecule has 0 radical (unpaired) electrons. The Morgan fingerprint density at radius 2 is 1.60 bits per heavy atom. The van der Waals surface area contributed by atoms with E-state index in [9.17, 15) is 0 Å². The van der Waals surface area contributed by atoms with Gasteiger partial charge in [0.05, 0.1) is 13.2 Å². The molecule has 2 atom stereocenters. The Morgan fingerprint density at radius 1 is 1.00 bits per heavy atom. The fourth-order valence-corrected chi connectivity index (χ4v) is 1.38. The summed E-state index contributed by atoms with van der Waals surface area (Å²) in [5.41, 5.74) is -0.684. The van der Waals surface area contributed by atoms with E-state index in [1.807, 2.05) is 6.92 Å². The van der Waals surface area contributed by atoms with Gasteiger partial charge in [0.1, 0.15) is 0 Å². The van der Waals surface area contributed by atoms with Gasteiger partial charge in [0.25, 0.3) is 0 Å². The summed E-state index contributed by atoms with van der Waals surface area (Å²) >= 11 is 0. The van der Waals surface area contributed by atoms with E-state index in [2.05, 4.69) is 39.7 Å². The Bertz CT molecular complexity index is 282. The van der Waals surface area contributed by atoms with Crippen molar-refractivity contribution in [1.82, 2.24) is 0 Å². The van der Waals surface area contributed by atoms with Crippen molar-refractivity contribution in [2.75, 3.05) is 13.2 Å². The quantitative estimate of drug-likeness (QED) is 0.246. The second-order valence-corrected chi connectivity index (χ2v) is 5.16. The van der Waals surface area contributed by atoms with Crippen molar-refractivity contribution in [3.8, 4) is 12.0 Å². The van der Waals surface area contributed by atoms with E-state index in [1.54, 1.807) is 0 Å². The Labute approximate surface area is 124 Å². The standard InChI is InChI=1S/C16H30O4/c1-6-9-12-17-18-14-11-16(5,15(4)8-3)20-19-13-10-7-2/h15H,6-10,12-13H2,1-5H3. The van der Waals surface area contributed by atoms with Crippen LogP contribution < -0.4 is 0 Å². The SMILES string of the molecule is CCCCOOC#CC(C)(OOCCCC)C(C)CC. The molecule has 4 heteroatoms. The largest absolute Gasteiger partial charge is 0.282 e. The lowest BCUT2D eigenvalue weighted by atomic mass is 9.89. The van der Waals surface area contributed by atoms with Crippen molar-refractivity contribution in [2.24, 2.45) is 5.92 Å². The van der Waals surface area contributed by atoms with Crippen LogP contribution in [0.15, 0.2) is 0 Å². The summed E-state index contributed by atoms with van der Waals surface area (Å²) in [6, 6.07) is 0. The van der Waals surface area contributed by atoms with Gasteiger partial charge in [0, 0.05) is 0 Å². The summed E-state index contributed by atoms with van der Waals surface area (Å²) in [5.74, 6) is 3.19. The molecule has 0 bridgehead atoms. The first-order chi connectivity index (χ1) is 9.60. The molecule has 0 aliphatic rings. The molecule has 0 saturated heterocycles. The molecule has 0 aromatic heterocycles. The number of hydrogen-bond acceptors (Lipinski definition) is 4. The molecule has 0 spiro atoms. The highest BCUT2D eigenvalue weighted by molar-refractivity contribution is 5.10. The van der Waals surface area contributed by atoms with E-state index in [0.717, 1.165) is 32.1 Å². The highest BCUT2D eigenvalue weighted by Crippen LogP contribution is 2.24. The zero-order valence-corrected chi connectivity index (χ0v) is 13.7. The molecule has 0 rings (SSSR count). The molecule has 0 saturated carbocycles. The van der Waals surface area contributed by atoms with Gasteiger partial charge in [-0.05, 0) is 38.0 Å². The predicted molar refractivity (Wildman–Crippen MR) is 79.5 cm³/mol. The molecular formula is C16H30O4. The van der Waals surface area contributed by atoms with Crippen LogP contribution in [0.2, 0.25) is 0 Å². The van der Waals surface area contributed by atoms with Crippen LogP contribution in [0.25, 0.3) is 0 Å². The Morgan fingerprint density at radius 3 is 2.15 bits per heavy atom. The van der Waals surface area contributed by atoms with Gasteiger partial charge in [-0.3, -0.25) is 4.89 Å². The van der Waals surface area contributed by atoms with Crippen LogP contribution in [0.3, 0.4) is 0 Å². The van der Waals surface area contributed by atoms with Gasteiger partial charge in [0.2, 0.25) is 0 Å². The summed E-state index contributed by atoms with van der Waals surface area (Å²) in [7, 11) is 0. The molecule has 4 nitrogen and oxygen atoms in total. The molecule has 0 aliphatic carbocycles. The molecule has 118 valence electrons. The van der Waals surface area contributed by atoms with Gasteiger partial charge in [-0.2, -0.15) is 4.89 Å². The minimum absolute atomic E-state index is 0.232. The lowest BCUT2D eigenvalue weighted by molar-refractivity contribution is -0.352. The molecule has 20 heavy (non-hydrogen) atoms. The zero-order chi connectivity index (χ0) is 15.3. The van der Waals surface area contributed by atoms with E-state index >= 15 is 0 Å². The molecule has 0 heterocycles. The van der Waals surface area contributed by atoms with Gasteiger partial charge in [-0.25, -0.2) is 9.78 Å². The highest BCUT2D eigenvalue weighted by atomic mass is 17.2. The normalized spacial score (nSPS) is 15.1. The van der Waals surface area contributed by atoms with Crippen molar-refractivity contribution < 1.29 is 19.6 Å². The van der Waals surface area contributed by atoms with E-state index in [1.165, 1.54) is 0 Å². The van der Waals surface area contributed by atoms with E-state index in [4.69, 9.17) is 19.6 Å². The minimum atomic E-state index is -0.684. The molecule has 0 N–H and O–H groups in total. The van der Waals surface area contributed by atoms with Gasteiger partial charge in [-0.1, -0.05) is 40.5 Å². The molecule has 0 aliphatic heterocycles. The third-order valence-corrected chi connectivity index (χ3v) is 3.35. The van der Waals surface area contributed by atoms with Crippen LogP contribution in [0.5, 0.6) is 0 Å². The fraction of sp³-hybridized carbons (Fsp3) is 0.875. The van der Waals surface area contributed by atoms with Gasteiger partial charge in [0.15, 0.2) is 11.7 Å². The fourth-order valence-electron chi connectivity index (χ4n) is 1.38. The zero-order valence-electron chi connectivity index (χ0n) is 13.7. The first-order valence-corrected chi connectivity index (χ1v) is 7.71. The maximum atomic E-state index is 5.50.